The van der Waals surface area contributed by atoms with E-state index in [1.165, 1.54) is 0 Å². The molecule has 148 valence electrons. The molecule has 0 aromatic heterocycles. The SMILES string of the molecule is CCc1c(O[Si](C(C)C)(C(C)C)C(C)C)ccc(C(=O)O)c1C(C)(C)C. The molecule has 0 amide bonds. The van der Waals surface area contributed by atoms with E-state index in [2.05, 4.69) is 69.2 Å². The predicted octanol–water partition coefficient (Wildman–Crippen LogP) is 6.80. The lowest BCUT2D eigenvalue weighted by molar-refractivity contribution is 0.0694. The van der Waals surface area contributed by atoms with Crippen molar-refractivity contribution >= 4 is 14.3 Å². The molecule has 1 aromatic rings. The minimum Gasteiger partial charge on any atom is -0.542 e. The molecule has 1 N–H and O–H groups in total. The number of carboxylic acids is 1. The van der Waals surface area contributed by atoms with Gasteiger partial charge in [-0.2, -0.15) is 0 Å². The van der Waals surface area contributed by atoms with Crippen LogP contribution < -0.4 is 4.43 Å². The van der Waals surface area contributed by atoms with Crippen molar-refractivity contribution in [2.75, 3.05) is 0 Å². The molecular formula is C22H38O3Si. The van der Waals surface area contributed by atoms with Crippen molar-refractivity contribution in [1.29, 1.82) is 0 Å². The molecule has 0 saturated carbocycles. The normalized spacial score (nSPS) is 13.0. The molecule has 0 saturated heterocycles. The second-order valence-electron chi connectivity index (χ2n) is 9.29. The Morgan fingerprint density at radius 3 is 1.81 bits per heavy atom. The number of aromatic carboxylic acids is 1. The highest BCUT2D eigenvalue weighted by Gasteiger charge is 2.47. The molecule has 0 radical (unpaired) electrons. The molecule has 26 heavy (non-hydrogen) atoms. The van der Waals surface area contributed by atoms with E-state index in [4.69, 9.17) is 4.43 Å². The lowest BCUT2D eigenvalue weighted by atomic mass is 9.79. The quantitative estimate of drug-likeness (QED) is 0.531. The average Bonchev–Trinajstić information content (AvgIpc) is 2.49. The van der Waals surface area contributed by atoms with Gasteiger partial charge in [-0.25, -0.2) is 4.79 Å². The third-order valence-corrected chi connectivity index (χ3v) is 11.6. The molecule has 0 unspecified atom stereocenters. The zero-order chi connectivity index (χ0) is 20.4. The van der Waals surface area contributed by atoms with Crippen molar-refractivity contribution in [1.82, 2.24) is 0 Å². The van der Waals surface area contributed by atoms with Crippen molar-refractivity contribution < 1.29 is 14.3 Å². The first-order valence-electron chi connectivity index (χ1n) is 9.89. The Kier molecular flexibility index (Phi) is 7.14. The summed E-state index contributed by atoms with van der Waals surface area (Å²) < 4.78 is 6.92. The van der Waals surface area contributed by atoms with E-state index in [1.54, 1.807) is 6.07 Å². The molecule has 0 atom stereocenters. The van der Waals surface area contributed by atoms with Crippen LogP contribution in [0.3, 0.4) is 0 Å². The van der Waals surface area contributed by atoms with E-state index in [9.17, 15) is 9.90 Å². The maximum absolute atomic E-state index is 11.8. The Morgan fingerprint density at radius 1 is 1.04 bits per heavy atom. The molecule has 0 fully saturated rings. The number of hydrogen-bond donors (Lipinski definition) is 1. The van der Waals surface area contributed by atoms with Gasteiger partial charge >= 0.3 is 5.97 Å². The fraction of sp³-hybridized carbons (Fsp3) is 0.682. The summed E-state index contributed by atoms with van der Waals surface area (Å²) in [7, 11) is -2.09. The van der Waals surface area contributed by atoms with Crippen LogP contribution in [0.25, 0.3) is 0 Å². The van der Waals surface area contributed by atoms with E-state index in [0.717, 1.165) is 23.3 Å². The first kappa shape index (κ1) is 22.7. The van der Waals surface area contributed by atoms with Crippen LogP contribution in [0.4, 0.5) is 0 Å². The Labute approximate surface area is 161 Å². The molecule has 0 bridgehead atoms. The van der Waals surface area contributed by atoms with Crippen LogP contribution in [0.2, 0.25) is 16.6 Å². The highest BCUT2D eigenvalue weighted by atomic mass is 28.4. The Hall–Kier alpha value is -1.29. The van der Waals surface area contributed by atoms with Gasteiger partial charge in [-0.3, -0.25) is 0 Å². The second kappa shape index (κ2) is 8.16. The minimum atomic E-state index is -2.09. The lowest BCUT2D eigenvalue weighted by Crippen LogP contribution is -2.51. The van der Waals surface area contributed by atoms with Crippen LogP contribution in [-0.2, 0) is 11.8 Å². The molecular weight excluding hydrogens is 340 g/mol. The zero-order valence-corrected chi connectivity index (χ0v) is 19.4. The topological polar surface area (TPSA) is 46.5 Å². The molecule has 1 aromatic carbocycles. The largest absolute Gasteiger partial charge is 0.542 e. The summed E-state index contributed by atoms with van der Waals surface area (Å²) in [6, 6.07) is 3.63. The molecule has 3 nitrogen and oxygen atoms in total. The van der Waals surface area contributed by atoms with Gasteiger partial charge in [-0.1, -0.05) is 69.2 Å². The fourth-order valence-electron chi connectivity index (χ4n) is 4.65. The number of rotatable bonds is 7. The Balaban J connectivity index is 3.71. The van der Waals surface area contributed by atoms with Crippen LogP contribution in [0.5, 0.6) is 5.75 Å². The van der Waals surface area contributed by atoms with Gasteiger partial charge in [0, 0.05) is 0 Å². The van der Waals surface area contributed by atoms with Crippen molar-refractivity contribution in [2.45, 2.75) is 97.7 Å². The third-order valence-electron chi connectivity index (χ3n) is 5.60. The van der Waals surface area contributed by atoms with Gasteiger partial charge in [-0.15, -0.1) is 0 Å². The highest BCUT2D eigenvalue weighted by Crippen LogP contribution is 2.45. The summed E-state index contributed by atoms with van der Waals surface area (Å²) in [4.78, 5) is 11.8. The van der Waals surface area contributed by atoms with Gasteiger partial charge in [0.1, 0.15) is 5.75 Å². The van der Waals surface area contributed by atoms with Gasteiger partial charge < -0.3 is 9.53 Å². The van der Waals surface area contributed by atoms with Crippen molar-refractivity contribution in [3.05, 3.63) is 28.8 Å². The van der Waals surface area contributed by atoms with Crippen LogP contribution in [-0.4, -0.2) is 19.4 Å². The van der Waals surface area contributed by atoms with E-state index < -0.39 is 14.3 Å². The number of carboxylic acid groups (broad SMARTS) is 1. The predicted molar refractivity (Wildman–Crippen MR) is 113 cm³/mol. The zero-order valence-electron chi connectivity index (χ0n) is 18.4. The van der Waals surface area contributed by atoms with Gasteiger partial charge in [0.05, 0.1) is 5.56 Å². The Bertz CT molecular complexity index is 618. The highest BCUT2D eigenvalue weighted by molar-refractivity contribution is 6.78. The van der Waals surface area contributed by atoms with E-state index in [0.29, 0.717) is 22.2 Å². The van der Waals surface area contributed by atoms with E-state index >= 15 is 0 Å². The molecule has 0 aliphatic rings. The number of benzene rings is 1. The average molecular weight is 379 g/mol. The molecule has 1 rings (SSSR count). The molecule has 0 aliphatic heterocycles. The summed E-state index contributed by atoms with van der Waals surface area (Å²) in [5.74, 6) is 0.0291. The molecule has 4 heteroatoms. The second-order valence-corrected chi connectivity index (χ2v) is 14.7. The van der Waals surface area contributed by atoms with Gasteiger partial charge in [0.25, 0.3) is 8.32 Å². The van der Waals surface area contributed by atoms with Crippen LogP contribution in [0, 0.1) is 0 Å². The monoisotopic (exact) mass is 378 g/mol. The van der Waals surface area contributed by atoms with Crippen LogP contribution >= 0.6 is 0 Å². The van der Waals surface area contributed by atoms with Gasteiger partial charge in [0.2, 0.25) is 0 Å². The van der Waals surface area contributed by atoms with E-state index in [1.807, 2.05) is 6.07 Å². The van der Waals surface area contributed by atoms with Crippen molar-refractivity contribution in [3.8, 4) is 5.75 Å². The van der Waals surface area contributed by atoms with Gasteiger partial charge in [0.15, 0.2) is 0 Å². The number of carbonyl (C=O) groups is 1. The summed E-state index contributed by atoms with van der Waals surface area (Å²) in [5.41, 5.74) is 3.53. The van der Waals surface area contributed by atoms with Crippen molar-refractivity contribution in [2.24, 2.45) is 0 Å². The van der Waals surface area contributed by atoms with Gasteiger partial charge in [-0.05, 0) is 51.7 Å². The summed E-state index contributed by atoms with van der Waals surface area (Å²) in [6.07, 6.45) is 0.766. The van der Waals surface area contributed by atoms with Crippen molar-refractivity contribution in [3.63, 3.8) is 0 Å². The van der Waals surface area contributed by atoms with Crippen LogP contribution in [0.15, 0.2) is 12.1 Å². The fourth-order valence-corrected chi connectivity index (χ4v) is 9.93. The molecule has 0 heterocycles. The standard InChI is InChI=1S/C22H38O3Si/c1-11-17-19(25-26(14(2)3,15(4)5)16(6)7)13-12-18(21(23)24)20(17)22(8,9)10/h12-16H,11H2,1-10H3,(H,23,24). The smallest absolute Gasteiger partial charge is 0.335 e. The first-order valence-corrected chi connectivity index (χ1v) is 12.0. The molecule has 0 aliphatic carbocycles. The maximum Gasteiger partial charge on any atom is 0.335 e. The third kappa shape index (κ3) is 4.16. The summed E-state index contributed by atoms with van der Waals surface area (Å²) in [5, 5.41) is 9.70. The van der Waals surface area contributed by atoms with E-state index in [-0.39, 0.29) is 5.41 Å². The van der Waals surface area contributed by atoms with Crippen LogP contribution in [0.1, 0.15) is 90.7 Å². The molecule has 0 spiro atoms. The summed E-state index contributed by atoms with van der Waals surface area (Å²) >= 11 is 0. The lowest BCUT2D eigenvalue weighted by Gasteiger charge is -2.43. The maximum atomic E-state index is 11.8. The summed E-state index contributed by atoms with van der Waals surface area (Å²) in [6.45, 7) is 22.0. The first-order chi connectivity index (χ1) is 11.8. The number of hydrogen-bond acceptors (Lipinski definition) is 2. The Morgan fingerprint density at radius 2 is 1.50 bits per heavy atom. The minimum absolute atomic E-state index is 0.254.